The minimum absolute atomic E-state index is 0.0109. The number of hydrogen-bond acceptors (Lipinski definition) is 7. The number of aromatic nitrogens is 1. The number of nitrogens with zero attached hydrogens (tertiary/aromatic N) is 2. The van der Waals surface area contributed by atoms with Gasteiger partial charge in [0.15, 0.2) is 5.13 Å². The number of anilines is 1. The fraction of sp³-hybridized carbons (Fsp3) is 0.207. The summed E-state index contributed by atoms with van der Waals surface area (Å²) in [6.07, 6.45) is 0. The van der Waals surface area contributed by atoms with Crippen LogP contribution in [-0.2, 0) is 9.59 Å². The van der Waals surface area contributed by atoms with Crippen LogP contribution in [0.5, 0.6) is 11.5 Å². The summed E-state index contributed by atoms with van der Waals surface area (Å²) in [6, 6.07) is 19.1. The second-order valence-corrected chi connectivity index (χ2v) is 9.61. The minimum Gasteiger partial charge on any atom is -0.507 e. The van der Waals surface area contributed by atoms with Crippen LogP contribution in [0, 0.1) is 6.92 Å². The molecule has 1 aliphatic rings. The zero-order valence-electron chi connectivity index (χ0n) is 20.7. The monoisotopic (exact) mass is 514 g/mol. The van der Waals surface area contributed by atoms with Crippen LogP contribution in [0.15, 0.2) is 72.3 Å². The molecule has 3 aromatic carbocycles. The van der Waals surface area contributed by atoms with E-state index in [1.807, 2.05) is 63.2 Å². The minimum atomic E-state index is -0.844. The molecule has 1 aliphatic heterocycles. The molecule has 1 fully saturated rings. The van der Waals surface area contributed by atoms with E-state index in [1.165, 1.54) is 16.2 Å². The molecule has 0 aliphatic carbocycles. The van der Waals surface area contributed by atoms with Crippen molar-refractivity contribution in [2.24, 2.45) is 0 Å². The molecule has 7 nitrogen and oxygen atoms in total. The van der Waals surface area contributed by atoms with Crippen LogP contribution >= 0.6 is 11.3 Å². The van der Waals surface area contributed by atoms with E-state index in [4.69, 9.17) is 9.47 Å². The van der Waals surface area contributed by atoms with E-state index in [1.54, 1.807) is 24.3 Å². The smallest absolute Gasteiger partial charge is 0.301 e. The van der Waals surface area contributed by atoms with Gasteiger partial charge < -0.3 is 14.6 Å². The van der Waals surface area contributed by atoms with Gasteiger partial charge in [0.1, 0.15) is 17.3 Å². The molecule has 0 radical (unpaired) electrons. The van der Waals surface area contributed by atoms with Crippen molar-refractivity contribution in [3.05, 3.63) is 89.0 Å². The van der Waals surface area contributed by atoms with E-state index in [9.17, 15) is 14.7 Å². The predicted molar refractivity (Wildman–Crippen MR) is 144 cm³/mol. The average Bonchev–Trinajstić information content (AvgIpc) is 3.42. The summed E-state index contributed by atoms with van der Waals surface area (Å²) in [6.45, 7) is 6.73. The number of hydrogen-bond donors (Lipinski definition) is 1. The van der Waals surface area contributed by atoms with E-state index in [0.29, 0.717) is 46.5 Å². The second-order valence-electron chi connectivity index (χ2n) is 8.60. The SMILES string of the molecule is CCOc1cccc(C(O)=C2C(=O)C(=O)N(c3nc4ccc(OCC)cc4s3)C2c2ccc(C)cc2)c1. The number of ketones is 1. The maximum atomic E-state index is 13.5. The Kier molecular flexibility index (Phi) is 6.67. The van der Waals surface area contributed by atoms with E-state index in [-0.39, 0.29) is 11.3 Å². The summed E-state index contributed by atoms with van der Waals surface area (Å²) in [5.41, 5.74) is 2.83. The van der Waals surface area contributed by atoms with Crippen LogP contribution in [0.2, 0.25) is 0 Å². The molecule has 37 heavy (non-hydrogen) atoms. The number of thiazole rings is 1. The lowest BCUT2D eigenvalue weighted by Gasteiger charge is -2.23. The molecule has 8 heteroatoms. The molecule has 1 N–H and O–H groups in total. The van der Waals surface area contributed by atoms with Gasteiger partial charge in [0.05, 0.1) is 35.0 Å². The third kappa shape index (κ3) is 4.56. The Bertz CT molecular complexity index is 1520. The van der Waals surface area contributed by atoms with Crippen molar-refractivity contribution in [1.29, 1.82) is 0 Å². The number of carbonyl (C=O) groups excluding carboxylic acids is 2. The van der Waals surface area contributed by atoms with Gasteiger partial charge in [-0.3, -0.25) is 14.5 Å². The highest BCUT2D eigenvalue weighted by Gasteiger charge is 2.48. The molecule has 0 bridgehead atoms. The first-order chi connectivity index (χ1) is 17.9. The molecule has 0 spiro atoms. The summed E-state index contributed by atoms with van der Waals surface area (Å²) in [7, 11) is 0. The van der Waals surface area contributed by atoms with E-state index in [0.717, 1.165) is 10.3 Å². The maximum absolute atomic E-state index is 13.5. The quantitative estimate of drug-likeness (QED) is 0.184. The van der Waals surface area contributed by atoms with Gasteiger partial charge in [-0.2, -0.15) is 0 Å². The number of rotatable bonds is 7. The van der Waals surface area contributed by atoms with Crippen molar-refractivity contribution in [1.82, 2.24) is 4.98 Å². The Labute approximate surface area is 218 Å². The van der Waals surface area contributed by atoms with Crippen LogP contribution < -0.4 is 14.4 Å². The highest BCUT2D eigenvalue weighted by Crippen LogP contribution is 2.44. The third-order valence-corrected chi connectivity index (χ3v) is 7.14. The molecule has 1 aromatic heterocycles. The number of Topliss-reactive ketones (excluding diaryl/α,β-unsaturated/α-hetero) is 1. The number of aryl methyl sites for hydroxylation is 1. The van der Waals surface area contributed by atoms with Crippen LogP contribution in [0.25, 0.3) is 16.0 Å². The lowest BCUT2D eigenvalue weighted by atomic mass is 9.95. The Hall–Kier alpha value is -4.17. The summed E-state index contributed by atoms with van der Waals surface area (Å²) >= 11 is 1.30. The molecular formula is C29H26N2O5S. The number of ether oxygens (including phenoxy) is 2. The van der Waals surface area contributed by atoms with Gasteiger partial charge in [-0.25, -0.2) is 4.98 Å². The van der Waals surface area contributed by atoms with Crippen LogP contribution in [0.3, 0.4) is 0 Å². The molecule has 0 saturated carbocycles. The number of fused-ring (bicyclic) bond motifs is 1. The van der Waals surface area contributed by atoms with Gasteiger partial charge in [-0.1, -0.05) is 53.3 Å². The largest absolute Gasteiger partial charge is 0.507 e. The van der Waals surface area contributed by atoms with Crippen LogP contribution in [0.1, 0.15) is 36.6 Å². The Morgan fingerprint density at radius 3 is 2.38 bits per heavy atom. The van der Waals surface area contributed by atoms with Crippen LogP contribution in [-0.4, -0.2) is 35.0 Å². The maximum Gasteiger partial charge on any atom is 0.301 e. The first kappa shape index (κ1) is 24.5. The number of aliphatic hydroxyl groups excluding tert-OH is 1. The molecule has 1 saturated heterocycles. The van der Waals surface area contributed by atoms with Gasteiger partial charge >= 0.3 is 5.91 Å². The summed E-state index contributed by atoms with van der Waals surface area (Å²) < 4.78 is 12.0. The Balaban J connectivity index is 1.68. The topological polar surface area (TPSA) is 89.0 Å². The molecular weight excluding hydrogens is 488 g/mol. The number of carbonyl (C=O) groups is 2. The summed E-state index contributed by atoms with van der Waals surface area (Å²) in [5.74, 6) is -0.496. The number of aliphatic hydroxyl groups is 1. The van der Waals surface area contributed by atoms with Crippen molar-refractivity contribution in [2.45, 2.75) is 26.8 Å². The van der Waals surface area contributed by atoms with Gasteiger partial charge in [-0.15, -0.1) is 0 Å². The predicted octanol–water partition coefficient (Wildman–Crippen LogP) is 6.03. The molecule has 4 aromatic rings. The molecule has 188 valence electrons. The first-order valence-corrected chi connectivity index (χ1v) is 12.9. The fourth-order valence-electron chi connectivity index (χ4n) is 4.40. The van der Waals surface area contributed by atoms with Crippen molar-refractivity contribution >= 4 is 44.1 Å². The van der Waals surface area contributed by atoms with E-state index < -0.39 is 17.7 Å². The van der Waals surface area contributed by atoms with Gasteiger partial charge in [0.25, 0.3) is 5.78 Å². The second kappa shape index (κ2) is 10.1. The Morgan fingerprint density at radius 2 is 1.68 bits per heavy atom. The molecule has 1 atom stereocenters. The normalized spacial score (nSPS) is 16.9. The molecule has 2 heterocycles. The lowest BCUT2D eigenvalue weighted by Crippen LogP contribution is -2.29. The summed E-state index contributed by atoms with van der Waals surface area (Å²) in [4.78, 5) is 33.0. The average molecular weight is 515 g/mol. The highest BCUT2D eigenvalue weighted by atomic mass is 32.1. The third-order valence-electron chi connectivity index (χ3n) is 6.12. The van der Waals surface area contributed by atoms with Gasteiger partial charge in [-0.05, 0) is 56.7 Å². The number of amides is 1. The van der Waals surface area contributed by atoms with E-state index >= 15 is 0 Å². The zero-order valence-corrected chi connectivity index (χ0v) is 21.5. The van der Waals surface area contributed by atoms with Gasteiger partial charge in [0, 0.05) is 5.56 Å². The molecule has 5 rings (SSSR count). The Morgan fingerprint density at radius 1 is 0.973 bits per heavy atom. The highest BCUT2D eigenvalue weighted by molar-refractivity contribution is 7.22. The van der Waals surface area contributed by atoms with Crippen molar-refractivity contribution in [3.63, 3.8) is 0 Å². The molecule has 1 amide bonds. The number of benzene rings is 3. The van der Waals surface area contributed by atoms with Gasteiger partial charge in [0.2, 0.25) is 0 Å². The summed E-state index contributed by atoms with van der Waals surface area (Å²) in [5, 5.41) is 11.8. The van der Waals surface area contributed by atoms with Crippen molar-refractivity contribution in [2.75, 3.05) is 18.1 Å². The van der Waals surface area contributed by atoms with E-state index in [2.05, 4.69) is 4.98 Å². The van der Waals surface area contributed by atoms with Crippen molar-refractivity contribution in [3.8, 4) is 11.5 Å². The van der Waals surface area contributed by atoms with Crippen LogP contribution in [0.4, 0.5) is 5.13 Å². The fourth-order valence-corrected chi connectivity index (χ4v) is 5.42. The van der Waals surface area contributed by atoms with Crippen molar-refractivity contribution < 1.29 is 24.2 Å². The standard InChI is InChI=1S/C29H26N2O5S/c1-4-35-20-8-6-7-19(15-20)26(32)24-25(18-11-9-17(3)10-12-18)31(28(34)27(24)33)29-30-22-14-13-21(36-5-2)16-23(22)37-29/h6-16,25,32H,4-5H2,1-3H3. The molecule has 1 unspecified atom stereocenters. The lowest BCUT2D eigenvalue weighted by molar-refractivity contribution is -0.132. The zero-order chi connectivity index (χ0) is 26.1. The first-order valence-electron chi connectivity index (χ1n) is 12.1.